The van der Waals surface area contributed by atoms with Crippen LogP contribution < -0.4 is 5.32 Å². The highest BCUT2D eigenvalue weighted by molar-refractivity contribution is 5.91. The van der Waals surface area contributed by atoms with Gasteiger partial charge in [0.05, 0.1) is 6.26 Å². The second-order valence-corrected chi connectivity index (χ2v) is 5.67. The summed E-state index contributed by atoms with van der Waals surface area (Å²) in [4.78, 5) is 18.5. The molecule has 0 spiro atoms. The fourth-order valence-electron chi connectivity index (χ4n) is 2.89. The number of carbonyl (C=O) groups is 1. The van der Waals surface area contributed by atoms with Gasteiger partial charge in [-0.2, -0.15) is 4.98 Å². The number of likely N-dealkylation sites (tertiary alicyclic amines) is 1. The molecular weight excluding hydrogens is 294 g/mol. The average molecular weight is 311 g/mol. The van der Waals surface area contributed by atoms with Gasteiger partial charge < -0.3 is 19.1 Å². The molecule has 1 saturated heterocycles. The Morgan fingerprint density at radius 3 is 2.74 bits per heavy atom. The number of para-hydroxylation sites is 2. The predicted molar refractivity (Wildman–Crippen MR) is 85.3 cm³/mol. The molecule has 6 nitrogen and oxygen atoms in total. The lowest BCUT2D eigenvalue weighted by molar-refractivity contribution is 0.0686. The molecule has 1 aliphatic heterocycles. The topological polar surface area (TPSA) is 71.5 Å². The van der Waals surface area contributed by atoms with E-state index in [9.17, 15) is 4.79 Å². The van der Waals surface area contributed by atoms with Gasteiger partial charge >= 0.3 is 0 Å². The molecule has 0 unspecified atom stereocenters. The molecule has 1 aromatic carbocycles. The third-order valence-corrected chi connectivity index (χ3v) is 4.14. The van der Waals surface area contributed by atoms with E-state index in [2.05, 4.69) is 10.3 Å². The van der Waals surface area contributed by atoms with Gasteiger partial charge in [0.15, 0.2) is 11.3 Å². The summed E-state index contributed by atoms with van der Waals surface area (Å²) < 4.78 is 10.9. The predicted octanol–water partition coefficient (Wildman–Crippen LogP) is 3.14. The third kappa shape index (κ3) is 2.79. The molecule has 1 N–H and O–H groups in total. The summed E-state index contributed by atoms with van der Waals surface area (Å²) in [6.07, 6.45) is 3.23. The van der Waals surface area contributed by atoms with Crippen LogP contribution in [0.2, 0.25) is 0 Å². The number of benzene rings is 1. The van der Waals surface area contributed by atoms with Crippen molar-refractivity contribution in [2.75, 3.05) is 18.4 Å². The van der Waals surface area contributed by atoms with Crippen molar-refractivity contribution in [1.82, 2.24) is 9.88 Å². The molecule has 0 atom stereocenters. The van der Waals surface area contributed by atoms with E-state index in [0.29, 0.717) is 24.9 Å². The van der Waals surface area contributed by atoms with Crippen molar-refractivity contribution < 1.29 is 13.6 Å². The van der Waals surface area contributed by atoms with Crippen LogP contribution in [0.15, 0.2) is 51.5 Å². The van der Waals surface area contributed by atoms with E-state index in [1.54, 1.807) is 12.1 Å². The minimum Gasteiger partial charge on any atom is -0.459 e. The second-order valence-electron chi connectivity index (χ2n) is 5.67. The van der Waals surface area contributed by atoms with Crippen LogP contribution in [-0.4, -0.2) is 34.9 Å². The lowest BCUT2D eigenvalue weighted by Gasteiger charge is -2.31. The van der Waals surface area contributed by atoms with Gasteiger partial charge in [-0.3, -0.25) is 4.79 Å². The van der Waals surface area contributed by atoms with Gasteiger partial charge in [-0.05, 0) is 37.1 Å². The molecule has 3 heterocycles. The van der Waals surface area contributed by atoms with Crippen molar-refractivity contribution in [2.24, 2.45) is 0 Å². The van der Waals surface area contributed by atoms with Gasteiger partial charge in [0.1, 0.15) is 5.52 Å². The minimum absolute atomic E-state index is 0.0460. The number of hydrogen-bond donors (Lipinski definition) is 1. The Morgan fingerprint density at radius 2 is 2.00 bits per heavy atom. The van der Waals surface area contributed by atoms with Crippen molar-refractivity contribution >= 4 is 23.0 Å². The largest absolute Gasteiger partial charge is 0.459 e. The van der Waals surface area contributed by atoms with Crippen LogP contribution in [0.1, 0.15) is 23.4 Å². The van der Waals surface area contributed by atoms with Gasteiger partial charge in [-0.25, -0.2) is 0 Å². The highest BCUT2D eigenvalue weighted by atomic mass is 16.4. The van der Waals surface area contributed by atoms with Gasteiger partial charge in [0, 0.05) is 19.1 Å². The SMILES string of the molecule is O=C(c1ccco1)N1CCC(Nc2nc3ccccc3o2)CC1. The quantitative estimate of drug-likeness (QED) is 0.804. The highest BCUT2D eigenvalue weighted by Gasteiger charge is 2.25. The summed E-state index contributed by atoms with van der Waals surface area (Å²) in [6, 6.07) is 11.9. The molecule has 1 amide bonds. The van der Waals surface area contributed by atoms with Crippen LogP contribution in [0.25, 0.3) is 11.1 Å². The van der Waals surface area contributed by atoms with E-state index < -0.39 is 0 Å². The maximum atomic E-state index is 12.2. The van der Waals surface area contributed by atoms with Crippen molar-refractivity contribution in [3.05, 3.63) is 48.4 Å². The molecule has 0 aliphatic carbocycles. The van der Waals surface area contributed by atoms with Gasteiger partial charge in [0.2, 0.25) is 0 Å². The summed E-state index contributed by atoms with van der Waals surface area (Å²) >= 11 is 0. The third-order valence-electron chi connectivity index (χ3n) is 4.14. The van der Waals surface area contributed by atoms with Crippen LogP contribution in [0.4, 0.5) is 6.01 Å². The Morgan fingerprint density at radius 1 is 1.17 bits per heavy atom. The van der Waals surface area contributed by atoms with Crippen LogP contribution in [-0.2, 0) is 0 Å². The first-order valence-electron chi connectivity index (χ1n) is 7.74. The molecule has 0 saturated carbocycles. The van der Waals surface area contributed by atoms with E-state index >= 15 is 0 Å². The number of aromatic nitrogens is 1. The Kier molecular flexibility index (Phi) is 3.49. The number of carbonyl (C=O) groups excluding carboxylic acids is 1. The first-order valence-corrected chi connectivity index (χ1v) is 7.74. The number of piperidine rings is 1. The smallest absolute Gasteiger partial charge is 0.295 e. The van der Waals surface area contributed by atoms with E-state index in [1.165, 1.54) is 6.26 Å². The zero-order valence-electron chi connectivity index (χ0n) is 12.6. The summed E-state index contributed by atoms with van der Waals surface area (Å²) in [5.74, 6) is 0.352. The molecule has 1 aliphatic rings. The average Bonchev–Trinajstić information content (AvgIpc) is 3.24. The number of oxazole rings is 1. The lowest BCUT2D eigenvalue weighted by Crippen LogP contribution is -2.42. The fourth-order valence-corrected chi connectivity index (χ4v) is 2.89. The maximum Gasteiger partial charge on any atom is 0.295 e. The molecule has 2 aromatic heterocycles. The number of amides is 1. The molecule has 23 heavy (non-hydrogen) atoms. The zero-order chi connectivity index (χ0) is 15.6. The van der Waals surface area contributed by atoms with Crippen molar-refractivity contribution in [1.29, 1.82) is 0 Å². The zero-order valence-corrected chi connectivity index (χ0v) is 12.6. The Hall–Kier alpha value is -2.76. The van der Waals surface area contributed by atoms with Crippen molar-refractivity contribution in [3.63, 3.8) is 0 Å². The van der Waals surface area contributed by atoms with Crippen LogP contribution >= 0.6 is 0 Å². The minimum atomic E-state index is -0.0460. The number of furan rings is 1. The number of hydrogen-bond acceptors (Lipinski definition) is 5. The first kappa shape index (κ1) is 13.9. The number of nitrogens with one attached hydrogen (secondary N) is 1. The van der Waals surface area contributed by atoms with E-state index in [1.807, 2.05) is 29.2 Å². The molecular formula is C17H17N3O3. The molecule has 3 aromatic rings. The lowest BCUT2D eigenvalue weighted by atomic mass is 10.1. The van der Waals surface area contributed by atoms with Crippen LogP contribution in [0, 0.1) is 0 Å². The summed E-state index contributed by atoms with van der Waals surface area (Å²) in [5, 5.41) is 3.33. The number of rotatable bonds is 3. The Bertz CT molecular complexity index is 768. The molecule has 6 heteroatoms. The molecule has 0 radical (unpaired) electrons. The van der Waals surface area contributed by atoms with E-state index in [0.717, 1.165) is 23.9 Å². The van der Waals surface area contributed by atoms with Crippen molar-refractivity contribution in [3.8, 4) is 0 Å². The number of nitrogens with zero attached hydrogens (tertiary/aromatic N) is 2. The molecule has 0 bridgehead atoms. The summed E-state index contributed by atoms with van der Waals surface area (Å²) in [7, 11) is 0. The summed E-state index contributed by atoms with van der Waals surface area (Å²) in [5.41, 5.74) is 1.63. The number of anilines is 1. The van der Waals surface area contributed by atoms with Gasteiger partial charge in [0.25, 0.3) is 11.9 Å². The molecule has 1 fully saturated rings. The monoisotopic (exact) mass is 311 g/mol. The van der Waals surface area contributed by atoms with Gasteiger partial charge in [-0.15, -0.1) is 0 Å². The summed E-state index contributed by atoms with van der Waals surface area (Å²) in [6.45, 7) is 1.38. The number of fused-ring (bicyclic) bond motifs is 1. The van der Waals surface area contributed by atoms with E-state index in [4.69, 9.17) is 8.83 Å². The first-order chi connectivity index (χ1) is 11.3. The Labute approximate surface area is 133 Å². The molecule has 118 valence electrons. The highest BCUT2D eigenvalue weighted by Crippen LogP contribution is 2.22. The van der Waals surface area contributed by atoms with Crippen molar-refractivity contribution in [2.45, 2.75) is 18.9 Å². The fraction of sp³-hybridized carbons (Fsp3) is 0.294. The standard InChI is InChI=1S/C17H17N3O3/c21-16(15-6-3-11-22-15)20-9-7-12(8-10-20)18-17-19-13-4-1-2-5-14(13)23-17/h1-6,11-12H,7-10H2,(H,18,19). The maximum absolute atomic E-state index is 12.2. The second kappa shape index (κ2) is 5.79. The molecule has 4 rings (SSSR count). The Balaban J connectivity index is 1.37. The van der Waals surface area contributed by atoms with Gasteiger partial charge in [-0.1, -0.05) is 12.1 Å². The van der Waals surface area contributed by atoms with E-state index in [-0.39, 0.29) is 11.9 Å². The van der Waals surface area contributed by atoms with Crippen LogP contribution in [0.5, 0.6) is 0 Å². The van der Waals surface area contributed by atoms with Crippen LogP contribution in [0.3, 0.4) is 0 Å². The normalized spacial score (nSPS) is 15.9.